The number of para-hydroxylation sites is 1. The van der Waals surface area contributed by atoms with Crippen molar-refractivity contribution in [1.29, 1.82) is 0 Å². The first-order chi connectivity index (χ1) is 12.1. The minimum absolute atomic E-state index is 0.168. The fourth-order valence-electron chi connectivity index (χ4n) is 2.72. The number of carbonyl (C=O) groups is 1. The standard InChI is InChI=1S/C17H21N2O5P/c18-17(20)13-5-4-10-19(11-13)16-9-8-15(23-16)12-22-25(21)24-14-6-2-1-3-7-14/h1-4,6-7,10-11,15-16,25H,5,8-9,12H2,(H2,18,20)/t15-,16+/m0/s1. The maximum Gasteiger partial charge on any atom is 0.367 e. The van der Waals surface area contributed by atoms with Gasteiger partial charge in [-0.2, -0.15) is 0 Å². The molecule has 3 rings (SSSR count). The van der Waals surface area contributed by atoms with E-state index in [1.807, 2.05) is 23.2 Å². The van der Waals surface area contributed by atoms with Gasteiger partial charge in [0.2, 0.25) is 5.91 Å². The minimum Gasteiger partial charge on any atom is -0.426 e. The monoisotopic (exact) mass is 364 g/mol. The van der Waals surface area contributed by atoms with Gasteiger partial charge in [-0.15, -0.1) is 0 Å². The lowest BCUT2D eigenvalue weighted by molar-refractivity contribution is -0.114. The van der Waals surface area contributed by atoms with E-state index in [2.05, 4.69) is 0 Å². The molecule has 7 nitrogen and oxygen atoms in total. The van der Waals surface area contributed by atoms with Crippen LogP contribution in [0.3, 0.4) is 0 Å². The Morgan fingerprint density at radius 1 is 1.32 bits per heavy atom. The molecule has 8 heteroatoms. The number of allylic oxidation sites excluding steroid dienone is 1. The van der Waals surface area contributed by atoms with Crippen molar-refractivity contribution < 1.29 is 23.1 Å². The van der Waals surface area contributed by atoms with E-state index in [-0.39, 0.29) is 18.9 Å². The average Bonchev–Trinajstić information content (AvgIpc) is 3.10. The summed E-state index contributed by atoms with van der Waals surface area (Å²) in [5.41, 5.74) is 5.87. The zero-order valence-corrected chi connectivity index (χ0v) is 14.7. The molecule has 1 aromatic rings. The van der Waals surface area contributed by atoms with Crippen LogP contribution in [-0.4, -0.2) is 29.7 Å². The van der Waals surface area contributed by atoms with Gasteiger partial charge in [0.05, 0.1) is 12.7 Å². The SMILES string of the molecule is NC(=O)C1=CN([C@H]2CC[C@@H](CO[PH](=O)Oc3ccccc3)O2)C=CC1. The molecular weight excluding hydrogens is 343 g/mol. The normalized spacial score (nSPS) is 24.0. The highest BCUT2D eigenvalue weighted by molar-refractivity contribution is 7.33. The van der Waals surface area contributed by atoms with E-state index in [4.69, 9.17) is 19.5 Å². The molecule has 25 heavy (non-hydrogen) atoms. The van der Waals surface area contributed by atoms with Crippen LogP contribution >= 0.6 is 8.25 Å². The second-order valence-corrected chi connectivity index (χ2v) is 6.81. The van der Waals surface area contributed by atoms with Crippen LogP contribution in [0.5, 0.6) is 5.75 Å². The van der Waals surface area contributed by atoms with Crippen molar-refractivity contribution in [3.63, 3.8) is 0 Å². The maximum absolute atomic E-state index is 11.9. The van der Waals surface area contributed by atoms with Crippen molar-refractivity contribution in [2.45, 2.75) is 31.6 Å². The number of primary amides is 1. The number of carbonyl (C=O) groups excluding carboxylic acids is 1. The van der Waals surface area contributed by atoms with Crippen LogP contribution in [0.25, 0.3) is 0 Å². The molecule has 1 saturated heterocycles. The zero-order chi connectivity index (χ0) is 17.6. The summed E-state index contributed by atoms with van der Waals surface area (Å²) in [4.78, 5) is 13.1. The van der Waals surface area contributed by atoms with Gasteiger partial charge in [-0.3, -0.25) is 9.32 Å². The molecule has 0 saturated carbocycles. The van der Waals surface area contributed by atoms with Crippen LogP contribution < -0.4 is 10.3 Å². The van der Waals surface area contributed by atoms with E-state index in [1.54, 1.807) is 30.5 Å². The third-order valence-corrected chi connectivity index (χ3v) is 4.79. The number of amides is 1. The summed E-state index contributed by atoms with van der Waals surface area (Å²) in [6.45, 7) is 0.199. The topological polar surface area (TPSA) is 91.1 Å². The van der Waals surface area contributed by atoms with Crippen molar-refractivity contribution in [1.82, 2.24) is 4.90 Å². The molecule has 0 aliphatic carbocycles. The van der Waals surface area contributed by atoms with E-state index in [1.165, 1.54) is 0 Å². The lowest BCUT2D eigenvalue weighted by Gasteiger charge is -2.27. The summed E-state index contributed by atoms with van der Waals surface area (Å²) in [6.07, 6.45) is 7.20. The van der Waals surface area contributed by atoms with Crippen LogP contribution in [0, 0.1) is 0 Å². The lowest BCUT2D eigenvalue weighted by Crippen LogP contribution is -2.30. The van der Waals surface area contributed by atoms with Gasteiger partial charge in [0.25, 0.3) is 0 Å². The van der Waals surface area contributed by atoms with E-state index in [0.29, 0.717) is 17.7 Å². The van der Waals surface area contributed by atoms with Crippen LogP contribution in [0.15, 0.2) is 54.4 Å². The number of hydrogen-bond acceptors (Lipinski definition) is 6. The number of hydrogen-bond donors (Lipinski definition) is 1. The Kier molecular flexibility index (Phi) is 5.91. The van der Waals surface area contributed by atoms with Gasteiger partial charge in [0, 0.05) is 18.0 Å². The molecule has 3 atom stereocenters. The summed E-state index contributed by atoms with van der Waals surface area (Å²) in [5.74, 6) is 0.0862. The highest BCUT2D eigenvalue weighted by Crippen LogP contribution is 2.31. The number of nitrogens with zero attached hydrogens (tertiary/aromatic N) is 1. The number of benzene rings is 1. The van der Waals surface area contributed by atoms with Gasteiger partial charge in [-0.1, -0.05) is 24.3 Å². The van der Waals surface area contributed by atoms with Crippen LogP contribution in [0.2, 0.25) is 0 Å². The van der Waals surface area contributed by atoms with Crippen LogP contribution in [0.4, 0.5) is 0 Å². The summed E-state index contributed by atoms with van der Waals surface area (Å²) in [7, 11) is -2.62. The average molecular weight is 364 g/mol. The third-order valence-electron chi connectivity index (χ3n) is 3.99. The fraction of sp³-hybridized carbons (Fsp3) is 0.353. The number of rotatable bonds is 7. The van der Waals surface area contributed by atoms with Crippen molar-refractivity contribution in [2.75, 3.05) is 6.61 Å². The number of nitrogens with two attached hydrogens (primary N) is 1. The predicted octanol–water partition coefficient (Wildman–Crippen LogP) is 2.57. The summed E-state index contributed by atoms with van der Waals surface area (Å²) < 4.78 is 28.3. The van der Waals surface area contributed by atoms with Gasteiger partial charge >= 0.3 is 8.25 Å². The van der Waals surface area contributed by atoms with Gasteiger partial charge in [-0.25, -0.2) is 4.57 Å². The molecule has 1 aromatic carbocycles. The molecule has 0 radical (unpaired) electrons. The zero-order valence-electron chi connectivity index (χ0n) is 13.7. The van der Waals surface area contributed by atoms with E-state index >= 15 is 0 Å². The Morgan fingerprint density at radius 3 is 2.88 bits per heavy atom. The molecule has 1 unspecified atom stereocenters. The third kappa shape index (κ3) is 4.95. The summed E-state index contributed by atoms with van der Waals surface area (Å²) in [5, 5.41) is 0. The van der Waals surface area contributed by atoms with Crippen molar-refractivity contribution in [2.24, 2.45) is 5.73 Å². The molecule has 2 N–H and O–H groups in total. The van der Waals surface area contributed by atoms with Crippen LogP contribution in [-0.2, 0) is 18.6 Å². The van der Waals surface area contributed by atoms with Gasteiger partial charge in [-0.05, 0) is 31.4 Å². The first kappa shape index (κ1) is 17.7. The lowest BCUT2D eigenvalue weighted by atomic mass is 10.1. The Morgan fingerprint density at radius 2 is 2.12 bits per heavy atom. The molecule has 1 fully saturated rings. The highest BCUT2D eigenvalue weighted by Gasteiger charge is 2.29. The molecule has 2 heterocycles. The Labute approximate surface area is 147 Å². The summed E-state index contributed by atoms with van der Waals surface area (Å²) >= 11 is 0. The largest absolute Gasteiger partial charge is 0.426 e. The molecule has 134 valence electrons. The fourth-order valence-corrected chi connectivity index (χ4v) is 3.43. The maximum atomic E-state index is 11.9. The molecule has 0 spiro atoms. The van der Waals surface area contributed by atoms with Crippen molar-refractivity contribution in [3.05, 3.63) is 54.4 Å². The van der Waals surface area contributed by atoms with E-state index in [9.17, 15) is 9.36 Å². The van der Waals surface area contributed by atoms with Crippen LogP contribution in [0.1, 0.15) is 19.3 Å². The Balaban J connectivity index is 1.45. The number of ether oxygens (including phenoxy) is 1. The first-order valence-electron chi connectivity index (χ1n) is 8.11. The van der Waals surface area contributed by atoms with Crippen molar-refractivity contribution >= 4 is 14.2 Å². The highest BCUT2D eigenvalue weighted by atomic mass is 31.1. The minimum atomic E-state index is -2.62. The molecule has 0 aromatic heterocycles. The molecule has 1 amide bonds. The quantitative estimate of drug-likeness (QED) is 0.748. The second kappa shape index (κ2) is 8.34. The van der Waals surface area contributed by atoms with Crippen molar-refractivity contribution in [3.8, 4) is 5.75 Å². The predicted molar refractivity (Wildman–Crippen MR) is 92.8 cm³/mol. The van der Waals surface area contributed by atoms with E-state index < -0.39 is 14.2 Å². The molecule has 2 aliphatic rings. The first-order valence-corrected chi connectivity index (χ1v) is 9.34. The molecule has 2 aliphatic heterocycles. The second-order valence-electron chi connectivity index (χ2n) is 5.82. The van der Waals surface area contributed by atoms with E-state index in [0.717, 1.165) is 12.8 Å². The Hall–Kier alpha value is -2.08. The van der Waals surface area contributed by atoms with Gasteiger partial charge < -0.3 is 19.9 Å². The van der Waals surface area contributed by atoms with Gasteiger partial charge in [0.1, 0.15) is 12.0 Å². The molecular formula is C17H21N2O5P. The smallest absolute Gasteiger partial charge is 0.367 e. The summed E-state index contributed by atoms with van der Waals surface area (Å²) in [6, 6.07) is 8.90. The molecule has 0 bridgehead atoms. The van der Waals surface area contributed by atoms with Gasteiger partial charge in [0.15, 0.2) is 0 Å². The Bertz CT molecular complexity index is 692.